The number of rotatable bonds is 8. The highest BCUT2D eigenvalue weighted by Gasteiger charge is 2.29. The van der Waals surface area contributed by atoms with Gasteiger partial charge in [-0.25, -0.2) is 0 Å². The molecule has 26 heavy (non-hydrogen) atoms. The van der Waals surface area contributed by atoms with Crippen LogP contribution < -0.4 is 10.1 Å². The van der Waals surface area contributed by atoms with E-state index >= 15 is 0 Å². The van der Waals surface area contributed by atoms with Gasteiger partial charge in [-0.15, -0.1) is 0 Å². The number of nitrogens with one attached hydrogen (secondary N) is 1. The lowest BCUT2D eigenvalue weighted by atomic mass is 10.2. The Labute approximate surface area is 155 Å². The normalized spacial score (nSPS) is 12.7. The van der Waals surface area contributed by atoms with Crippen molar-refractivity contribution in [3.8, 4) is 5.75 Å². The molecule has 2 unspecified atom stereocenters. The summed E-state index contributed by atoms with van der Waals surface area (Å²) >= 11 is 0. The van der Waals surface area contributed by atoms with E-state index in [-0.39, 0.29) is 11.8 Å². The van der Waals surface area contributed by atoms with Crippen LogP contribution >= 0.6 is 0 Å². The number of anilines is 1. The van der Waals surface area contributed by atoms with Crippen LogP contribution in [-0.4, -0.2) is 35.4 Å². The van der Waals surface area contributed by atoms with E-state index in [1.165, 1.54) is 0 Å². The number of amides is 2. The number of benzene rings is 2. The zero-order valence-corrected chi connectivity index (χ0v) is 15.5. The minimum Gasteiger partial charge on any atom is -0.481 e. The Hall–Kier alpha value is -2.82. The molecule has 0 aromatic heterocycles. The number of para-hydroxylation sites is 2. The van der Waals surface area contributed by atoms with E-state index in [4.69, 9.17) is 4.74 Å². The summed E-state index contributed by atoms with van der Waals surface area (Å²) in [5.74, 6) is 0.211. The van der Waals surface area contributed by atoms with Crippen LogP contribution in [0, 0.1) is 0 Å². The molecule has 2 amide bonds. The van der Waals surface area contributed by atoms with Crippen molar-refractivity contribution >= 4 is 17.5 Å². The van der Waals surface area contributed by atoms with Crippen LogP contribution in [0.2, 0.25) is 0 Å². The van der Waals surface area contributed by atoms with Gasteiger partial charge in [0.15, 0.2) is 6.10 Å². The maximum atomic E-state index is 12.9. The predicted octanol–water partition coefficient (Wildman–Crippen LogP) is 3.72. The maximum Gasteiger partial charge on any atom is 0.264 e. The summed E-state index contributed by atoms with van der Waals surface area (Å²) in [7, 11) is 0. The summed E-state index contributed by atoms with van der Waals surface area (Å²) in [5, 5.41) is 2.85. The van der Waals surface area contributed by atoms with Crippen LogP contribution in [0.1, 0.15) is 27.2 Å². The Morgan fingerprint density at radius 1 is 1.00 bits per heavy atom. The second-order valence-electron chi connectivity index (χ2n) is 6.14. The van der Waals surface area contributed by atoms with Crippen LogP contribution in [-0.2, 0) is 9.59 Å². The van der Waals surface area contributed by atoms with Crippen molar-refractivity contribution in [2.75, 3.05) is 11.9 Å². The lowest BCUT2D eigenvalue weighted by Crippen LogP contribution is -2.50. The molecular formula is C21H26N2O3. The van der Waals surface area contributed by atoms with Gasteiger partial charge >= 0.3 is 0 Å². The van der Waals surface area contributed by atoms with Crippen LogP contribution in [0.3, 0.4) is 0 Å². The Morgan fingerprint density at radius 3 is 2.15 bits per heavy atom. The summed E-state index contributed by atoms with van der Waals surface area (Å²) in [6, 6.07) is 17.8. The first kappa shape index (κ1) is 19.5. The SMILES string of the molecule is CCCN(C(=O)C(C)Oc1ccccc1)C(C)C(=O)Nc1ccccc1. The fraction of sp³-hybridized carbons (Fsp3) is 0.333. The van der Waals surface area contributed by atoms with E-state index in [0.717, 1.165) is 6.42 Å². The largest absolute Gasteiger partial charge is 0.481 e. The molecule has 0 aliphatic carbocycles. The average Bonchev–Trinajstić information content (AvgIpc) is 2.66. The molecule has 0 saturated heterocycles. The summed E-state index contributed by atoms with van der Waals surface area (Å²) in [4.78, 5) is 27.0. The Bertz CT molecular complexity index is 704. The standard InChI is InChI=1S/C21H26N2O3/c1-4-15-23(16(2)20(24)22-18-11-7-5-8-12-18)21(25)17(3)26-19-13-9-6-10-14-19/h5-14,16-17H,4,15H2,1-3H3,(H,22,24). The zero-order valence-electron chi connectivity index (χ0n) is 15.5. The lowest BCUT2D eigenvalue weighted by molar-refractivity contribution is -0.143. The molecule has 0 radical (unpaired) electrons. The van der Waals surface area contributed by atoms with E-state index in [1.54, 1.807) is 30.9 Å². The summed E-state index contributed by atoms with van der Waals surface area (Å²) < 4.78 is 5.73. The minimum atomic E-state index is -0.670. The van der Waals surface area contributed by atoms with E-state index in [1.807, 2.05) is 55.5 Å². The first-order chi connectivity index (χ1) is 12.5. The van der Waals surface area contributed by atoms with Gasteiger partial charge in [0.2, 0.25) is 5.91 Å². The first-order valence-electron chi connectivity index (χ1n) is 8.91. The highest BCUT2D eigenvalue weighted by atomic mass is 16.5. The molecule has 0 saturated carbocycles. The average molecular weight is 354 g/mol. The quantitative estimate of drug-likeness (QED) is 0.786. The number of nitrogens with zero attached hydrogens (tertiary/aromatic N) is 1. The third-order valence-electron chi connectivity index (χ3n) is 4.04. The molecule has 138 valence electrons. The van der Waals surface area contributed by atoms with Crippen molar-refractivity contribution in [1.82, 2.24) is 4.90 Å². The van der Waals surface area contributed by atoms with E-state index < -0.39 is 12.1 Å². The minimum absolute atomic E-state index is 0.202. The van der Waals surface area contributed by atoms with Crippen molar-refractivity contribution in [2.45, 2.75) is 39.3 Å². The van der Waals surface area contributed by atoms with Crippen LogP contribution in [0.4, 0.5) is 5.69 Å². The van der Waals surface area contributed by atoms with E-state index in [0.29, 0.717) is 18.0 Å². The van der Waals surface area contributed by atoms with Gasteiger partial charge in [-0.2, -0.15) is 0 Å². The van der Waals surface area contributed by atoms with Gasteiger partial charge < -0.3 is 15.0 Å². The third kappa shape index (κ3) is 5.34. The van der Waals surface area contributed by atoms with E-state index in [9.17, 15) is 9.59 Å². The smallest absolute Gasteiger partial charge is 0.264 e. The van der Waals surface area contributed by atoms with E-state index in [2.05, 4.69) is 5.32 Å². The molecule has 5 nitrogen and oxygen atoms in total. The van der Waals surface area contributed by atoms with Gasteiger partial charge in [-0.3, -0.25) is 9.59 Å². The van der Waals surface area contributed by atoms with Crippen LogP contribution in [0.5, 0.6) is 5.75 Å². The number of hydrogen-bond acceptors (Lipinski definition) is 3. The number of carbonyl (C=O) groups is 2. The number of hydrogen-bond donors (Lipinski definition) is 1. The van der Waals surface area contributed by atoms with Crippen molar-refractivity contribution in [3.05, 3.63) is 60.7 Å². The summed E-state index contributed by atoms with van der Waals surface area (Å²) in [6.45, 7) is 5.91. The molecule has 2 aromatic rings. The molecule has 2 aromatic carbocycles. The van der Waals surface area contributed by atoms with Crippen molar-refractivity contribution < 1.29 is 14.3 Å². The third-order valence-corrected chi connectivity index (χ3v) is 4.04. The monoisotopic (exact) mass is 354 g/mol. The second kappa shape index (κ2) is 9.61. The van der Waals surface area contributed by atoms with Crippen LogP contribution in [0.15, 0.2) is 60.7 Å². The van der Waals surface area contributed by atoms with Crippen molar-refractivity contribution in [1.29, 1.82) is 0 Å². The van der Waals surface area contributed by atoms with Gasteiger partial charge in [0, 0.05) is 12.2 Å². The topological polar surface area (TPSA) is 58.6 Å². The molecule has 0 heterocycles. The molecular weight excluding hydrogens is 328 g/mol. The van der Waals surface area contributed by atoms with Gasteiger partial charge in [0.25, 0.3) is 5.91 Å². The fourth-order valence-corrected chi connectivity index (χ4v) is 2.63. The molecule has 0 aliphatic rings. The molecule has 2 rings (SSSR count). The van der Waals surface area contributed by atoms with Gasteiger partial charge in [-0.1, -0.05) is 43.3 Å². The molecule has 0 bridgehead atoms. The Balaban J connectivity index is 2.05. The van der Waals surface area contributed by atoms with Crippen molar-refractivity contribution in [3.63, 3.8) is 0 Å². The molecule has 0 spiro atoms. The molecule has 2 atom stereocenters. The first-order valence-corrected chi connectivity index (χ1v) is 8.91. The zero-order chi connectivity index (χ0) is 18.9. The van der Waals surface area contributed by atoms with Crippen molar-refractivity contribution in [2.24, 2.45) is 0 Å². The second-order valence-corrected chi connectivity index (χ2v) is 6.14. The highest BCUT2D eigenvalue weighted by Crippen LogP contribution is 2.15. The Morgan fingerprint density at radius 2 is 1.58 bits per heavy atom. The van der Waals surface area contributed by atoms with Gasteiger partial charge in [0.05, 0.1) is 0 Å². The Kier molecular flexibility index (Phi) is 7.21. The van der Waals surface area contributed by atoms with Crippen LogP contribution in [0.25, 0.3) is 0 Å². The summed E-state index contributed by atoms with van der Waals surface area (Å²) in [6.07, 6.45) is 0.0863. The molecule has 0 aliphatic heterocycles. The molecule has 5 heteroatoms. The molecule has 0 fully saturated rings. The lowest BCUT2D eigenvalue weighted by Gasteiger charge is -2.30. The molecule has 1 N–H and O–H groups in total. The maximum absolute atomic E-state index is 12.9. The predicted molar refractivity (Wildman–Crippen MR) is 103 cm³/mol. The highest BCUT2D eigenvalue weighted by molar-refractivity contribution is 5.97. The fourth-order valence-electron chi connectivity index (χ4n) is 2.63. The number of ether oxygens (including phenoxy) is 1. The van der Waals surface area contributed by atoms with Gasteiger partial charge in [-0.05, 0) is 44.5 Å². The number of carbonyl (C=O) groups excluding carboxylic acids is 2. The summed E-state index contributed by atoms with van der Waals surface area (Å²) in [5.41, 5.74) is 0.710. The van der Waals surface area contributed by atoms with Gasteiger partial charge in [0.1, 0.15) is 11.8 Å².